The summed E-state index contributed by atoms with van der Waals surface area (Å²) in [5, 5.41) is 0.564. The Morgan fingerprint density at radius 1 is 1.45 bits per heavy atom. The summed E-state index contributed by atoms with van der Waals surface area (Å²) < 4.78 is 8.02. The molecule has 0 spiro atoms. The van der Waals surface area contributed by atoms with E-state index in [1.807, 2.05) is 25.1 Å². The third-order valence-corrected chi connectivity index (χ3v) is 4.19. The van der Waals surface area contributed by atoms with E-state index in [4.69, 9.17) is 27.9 Å². The molecule has 2 unspecified atom stereocenters. The van der Waals surface area contributed by atoms with Crippen LogP contribution < -0.4 is 0 Å². The van der Waals surface area contributed by atoms with Crippen molar-refractivity contribution in [3.05, 3.63) is 29.0 Å². The quantitative estimate of drug-likeness (QED) is 0.777. The van der Waals surface area contributed by atoms with Crippen molar-refractivity contribution in [3.63, 3.8) is 0 Å². The van der Waals surface area contributed by atoms with Crippen LogP contribution in [0.3, 0.4) is 0 Å². The molecule has 108 valence electrons. The van der Waals surface area contributed by atoms with Crippen molar-refractivity contribution in [3.8, 4) is 0 Å². The summed E-state index contributed by atoms with van der Waals surface area (Å²) >= 11 is 12.3. The largest absolute Gasteiger partial charge is 0.376 e. The van der Waals surface area contributed by atoms with E-state index < -0.39 is 0 Å². The molecule has 1 aromatic carbocycles. The van der Waals surface area contributed by atoms with Crippen molar-refractivity contribution in [2.75, 3.05) is 6.61 Å². The summed E-state index contributed by atoms with van der Waals surface area (Å²) in [7, 11) is 0. The van der Waals surface area contributed by atoms with E-state index in [-0.39, 0.29) is 11.5 Å². The zero-order chi connectivity index (χ0) is 14.1. The Hall–Kier alpha value is -0.770. The fourth-order valence-electron chi connectivity index (χ4n) is 2.77. The minimum atomic E-state index is -0.134. The number of fused-ring (bicyclic) bond motifs is 1. The third-order valence-electron chi connectivity index (χ3n) is 3.76. The van der Waals surface area contributed by atoms with E-state index in [1.165, 1.54) is 6.42 Å². The smallest absolute Gasteiger partial charge is 0.127 e. The summed E-state index contributed by atoms with van der Waals surface area (Å²) in [6.07, 6.45) is 3.75. The average molecular weight is 313 g/mol. The Bertz CT molecular complexity index is 603. The molecule has 0 amide bonds. The average Bonchev–Trinajstić information content (AvgIpc) is 2.78. The zero-order valence-electron chi connectivity index (χ0n) is 11.5. The number of imidazole rings is 1. The van der Waals surface area contributed by atoms with E-state index in [0.29, 0.717) is 5.02 Å². The number of halogens is 2. The van der Waals surface area contributed by atoms with Crippen LogP contribution >= 0.6 is 23.2 Å². The molecule has 1 saturated heterocycles. The molecule has 1 aromatic heterocycles. The molecule has 0 aliphatic carbocycles. The van der Waals surface area contributed by atoms with Gasteiger partial charge in [0.1, 0.15) is 5.82 Å². The first-order valence-corrected chi connectivity index (χ1v) is 7.88. The molecule has 2 heterocycles. The predicted molar refractivity (Wildman–Crippen MR) is 82.6 cm³/mol. The van der Waals surface area contributed by atoms with Gasteiger partial charge in [0.25, 0.3) is 0 Å². The number of hydrogen-bond acceptors (Lipinski definition) is 2. The summed E-state index contributed by atoms with van der Waals surface area (Å²) in [4.78, 5) is 4.63. The lowest BCUT2D eigenvalue weighted by Gasteiger charge is -2.24. The third kappa shape index (κ3) is 2.80. The molecule has 1 aliphatic rings. The van der Waals surface area contributed by atoms with Crippen LogP contribution in [0.25, 0.3) is 11.0 Å². The standard InChI is InChI=1S/C15H18Cl2N2O/c1-10(16)15-18-13-8-11(17)5-6-14(13)19(15)9-12-4-2-3-7-20-12/h5-6,8,10,12H,2-4,7,9H2,1H3. The fourth-order valence-corrected chi connectivity index (χ4v) is 3.11. The van der Waals surface area contributed by atoms with Gasteiger partial charge in [0.2, 0.25) is 0 Å². The van der Waals surface area contributed by atoms with Gasteiger partial charge in [-0.25, -0.2) is 4.98 Å². The molecule has 5 heteroatoms. The van der Waals surface area contributed by atoms with Crippen LogP contribution in [0.5, 0.6) is 0 Å². The highest BCUT2D eigenvalue weighted by Gasteiger charge is 2.20. The maximum atomic E-state index is 6.28. The Morgan fingerprint density at radius 3 is 3.00 bits per heavy atom. The molecule has 0 radical (unpaired) electrons. The van der Waals surface area contributed by atoms with Crippen LogP contribution in [0, 0.1) is 0 Å². The fraction of sp³-hybridized carbons (Fsp3) is 0.533. The Balaban J connectivity index is 1.99. The van der Waals surface area contributed by atoms with Gasteiger partial charge in [-0.15, -0.1) is 11.6 Å². The lowest BCUT2D eigenvalue weighted by atomic mass is 10.1. The van der Waals surface area contributed by atoms with Crippen LogP contribution in [0.15, 0.2) is 18.2 Å². The molecule has 1 aliphatic heterocycles. The van der Waals surface area contributed by atoms with Gasteiger partial charge in [0.15, 0.2) is 0 Å². The lowest BCUT2D eigenvalue weighted by Crippen LogP contribution is -2.25. The van der Waals surface area contributed by atoms with Gasteiger partial charge in [-0.3, -0.25) is 0 Å². The van der Waals surface area contributed by atoms with Crippen molar-refractivity contribution in [1.82, 2.24) is 9.55 Å². The van der Waals surface area contributed by atoms with E-state index in [2.05, 4.69) is 9.55 Å². The second-order valence-corrected chi connectivity index (χ2v) is 6.41. The molecule has 3 nitrogen and oxygen atoms in total. The van der Waals surface area contributed by atoms with Gasteiger partial charge in [-0.05, 0) is 44.4 Å². The zero-order valence-corrected chi connectivity index (χ0v) is 13.0. The number of nitrogens with zero attached hydrogens (tertiary/aromatic N) is 2. The number of aromatic nitrogens is 2. The highest BCUT2D eigenvalue weighted by Crippen LogP contribution is 2.28. The minimum Gasteiger partial charge on any atom is -0.376 e. The van der Waals surface area contributed by atoms with Crippen molar-refractivity contribution >= 4 is 34.2 Å². The van der Waals surface area contributed by atoms with Crippen molar-refractivity contribution < 1.29 is 4.74 Å². The molecule has 0 saturated carbocycles. The number of rotatable bonds is 3. The normalized spacial score (nSPS) is 21.2. The second kappa shape index (κ2) is 5.92. The van der Waals surface area contributed by atoms with E-state index in [0.717, 1.165) is 42.9 Å². The maximum Gasteiger partial charge on any atom is 0.127 e. The SMILES string of the molecule is CC(Cl)c1nc2cc(Cl)ccc2n1CC1CCCCO1. The van der Waals surface area contributed by atoms with Gasteiger partial charge in [0, 0.05) is 11.6 Å². The van der Waals surface area contributed by atoms with Crippen molar-refractivity contribution in [1.29, 1.82) is 0 Å². The van der Waals surface area contributed by atoms with Gasteiger partial charge >= 0.3 is 0 Å². The van der Waals surface area contributed by atoms with Crippen LogP contribution in [-0.4, -0.2) is 22.3 Å². The monoisotopic (exact) mass is 312 g/mol. The number of ether oxygens (including phenoxy) is 1. The van der Waals surface area contributed by atoms with Crippen LogP contribution in [0.2, 0.25) is 5.02 Å². The van der Waals surface area contributed by atoms with Crippen molar-refractivity contribution in [2.45, 2.75) is 44.2 Å². The summed E-state index contributed by atoms with van der Waals surface area (Å²) in [6, 6.07) is 5.79. The lowest BCUT2D eigenvalue weighted by molar-refractivity contribution is 0.00619. The first-order chi connectivity index (χ1) is 9.65. The minimum absolute atomic E-state index is 0.134. The van der Waals surface area contributed by atoms with Crippen LogP contribution in [-0.2, 0) is 11.3 Å². The number of hydrogen-bond donors (Lipinski definition) is 0. The molecular formula is C15H18Cl2N2O. The highest BCUT2D eigenvalue weighted by atomic mass is 35.5. The molecule has 20 heavy (non-hydrogen) atoms. The summed E-state index contributed by atoms with van der Waals surface area (Å²) in [6.45, 7) is 3.61. The Kier molecular flexibility index (Phi) is 4.20. The molecule has 0 bridgehead atoms. The van der Waals surface area contributed by atoms with Gasteiger partial charge < -0.3 is 9.30 Å². The number of alkyl halides is 1. The highest BCUT2D eigenvalue weighted by molar-refractivity contribution is 6.31. The maximum absolute atomic E-state index is 6.28. The molecule has 0 N–H and O–H groups in total. The first-order valence-electron chi connectivity index (χ1n) is 7.06. The van der Waals surface area contributed by atoms with Gasteiger partial charge in [-0.1, -0.05) is 11.6 Å². The molecular weight excluding hydrogens is 295 g/mol. The molecule has 2 aromatic rings. The van der Waals surface area contributed by atoms with E-state index in [9.17, 15) is 0 Å². The predicted octanol–water partition coefficient (Wildman–Crippen LogP) is 4.56. The molecule has 3 rings (SSSR count). The first kappa shape index (κ1) is 14.2. The van der Waals surface area contributed by atoms with Crippen LogP contribution in [0.4, 0.5) is 0 Å². The topological polar surface area (TPSA) is 27.1 Å². The van der Waals surface area contributed by atoms with E-state index in [1.54, 1.807) is 0 Å². The van der Waals surface area contributed by atoms with Gasteiger partial charge in [0.05, 0.1) is 29.1 Å². The molecule has 2 atom stereocenters. The Labute approximate surface area is 128 Å². The Morgan fingerprint density at radius 2 is 2.30 bits per heavy atom. The number of benzene rings is 1. The summed E-state index contributed by atoms with van der Waals surface area (Å²) in [5.74, 6) is 0.887. The molecule has 1 fully saturated rings. The van der Waals surface area contributed by atoms with E-state index >= 15 is 0 Å². The van der Waals surface area contributed by atoms with Crippen molar-refractivity contribution in [2.24, 2.45) is 0 Å². The summed E-state index contributed by atoms with van der Waals surface area (Å²) in [5.41, 5.74) is 1.97. The second-order valence-electron chi connectivity index (χ2n) is 5.32. The van der Waals surface area contributed by atoms with Crippen LogP contribution in [0.1, 0.15) is 37.4 Å². The van der Waals surface area contributed by atoms with Gasteiger partial charge in [-0.2, -0.15) is 0 Å².